The zero-order chi connectivity index (χ0) is 13.1. The van der Waals surface area contributed by atoms with E-state index in [1.165, 1.54) is 12.1 Å². The molecule has 0 heterocycles. The molecule has 0 radical (unpaired) electrons. The van der Waals surface area contributed by atoms with E-state index in [1.54, 1.807) is 18.2 Å². The Balaban J connectivity index is 2.16. The molecule has 0 aromatic heterocycles. The van der Waals surface area contributed by atoms with Gasteiger partial charge in [-0.3, -0.25) is 0 Å². The summed E-state index contributed by atoms with van der Waals surface area (Å²) in [5.74, 6) is -0.256. The highest BCUT2D eigenvalue weighted by Crippen LogP contribution is 2.26. The van der Waals surface area contributed by atoms with E-state index in [0.717, 1.165) is 11.1 Å². The van der Waals surface area contributed by atoms with Gasteiger partial charge in [-0.05, 0) is 41.8 Å². The van der Waals surface area contributed by atoms with Crippen LogP contribution >= 0.6 is 23.2 Å². The molecule has 0 aliphatic heterocycles. The summed E-state index contributed by atoms with van der Waals surface area (Å²) >= 11 is 11.8. The third-order valence-corrected chi connectivity index (χ3v) is 3.46. The van der Waals surface area contributed by atoms with Gasteiger partial charge in [-0.15, -0.1) is 0 Å². The monoisotopic (exact) mass is 283 g/mol. The Morgan fingerprint density at radius 3 is 2.50 bits per heavy atom. The molecule has 0 amide bonds. The predicted molar refractivity (Wildman–Crippen MR) is 73.5 cm³/mol. The zero-order valence-corrected chi connectivity index (χ0v) is 11.0. The normalized spacial score (nSPS) is 12.4. The first-order chi connectivity index (χ1) is 8.56. The van der Waals surface area contributed by atoms with Crippen LogP contribution in [-0.4, -0.2) is 0 Å². The molecule has 2 aromatic carbocycles. The molecule has 94 valence electrons. The maximum Gasteiger partial charge on any atom is 0.123 e. The molecule has 0 saturated carbocycles. The third kappa shape index (κ3) is 3.22. The molecular formula is C14H12Cl2FN. The van der Waals surface area contributed by atoms with Gasteiger partial charge in [0.2, 0.25) is 0 Å². The van der Waals surface area contributed by atoms with Crippen molar-refractivity contribution in [3.63, 3.8) is 0 Å². The van der Waals surface area contributed by atoms with Crippen LogP contribution in [0.1, 0.15) is 17.2 Å². The summed E-state index contributed by atoms with van der Waals surface area (Å²) in [5.41, 5.74) is 7.81. The summed E-state index contributed by atoms with van der Waals surface area (Å²) in [5, 5.41) is 0.974. The Hall–Kier alpha value is -1.09. The van der Waals surface area contributed by atoms with Crippen molar-refractivity contribution in [2.75, 3.05) is 0 Å². The van der Waals surface area contributed by atoms with Crippen LogP contribution < -0.4 is 5.73 Å². The number of benzene rings is 2. The van der Waals surface area contributed by atoms with Gasteiger partial charge in [0.05, 0.1) is 10.0 Å². The second-order valence-electron chi connectivity index (χ2n) is 4.11. The van der Waals surface area contributed by atoms with Gasteiger partial charge in [0, 0.05) is 6.04 Å². The lowest BCUT2D eigenvalue weighted by Crippen LogP contribution is -2.13. The van der Waals surface area contributed by atoms with Gasteiger partial charge >= 0.3 is 0 Å². The first-order valence-electron chi connectivity index (χ1n) is 5.51. The van der Waals surface area contributed by atoms with Gasteiger partial charge in [0.15, 0.2) is 0 Å². The molecule has 0 fully saturated rings. The first kappa shape index (κ1) is 13.3. The third-order valence-electron chi connectivity index (χ3n) is 2.72. The molecule has 4 heteroatoms. The minimum absolute atomic E-state index is 0.235. The lowest BCUT2D eigenvalue weighted by Gasteiger charge is -2.13. The molecule has 2 rings (SSSR count). The minimum Gasteiger partial charge on any atom is -0.324 e. The van der Waals surface area contributed by atoms with Crippen molar-refractivity contribution in [1.82, 2.24) is 0 Å². The summed E-state index contributed by atoms with van der Waals surface area (Å²) in [4.78, 5) is 0. The van der Waals surface area contributed by atoms with Crippen molar-refractivity contribution in [1.29, 1.82) is 0 Å². The fourth-order valence-corrected chi connectivity index (χ4v) is 2.09. The van der Waals surface area contributed by atoms with Gasteiger partial charge < -0.3 is 5.73 Å². The smallest absolute Gasteiger partial charge is 0.123 e. The zero-order valence-electron chi connectivity index (χ0n) is 9.54. The lowest BCUT2D eigenvalue weighted by molar-refractivity contribution is 0.622. The van der Waals surface area contributed by atoms with Crippen molar-refractivity contribution in [3.05, 3.63) is 69.5 Å². The SMILES string of the molecule is NC(Cc1cccc(F)c1)c1ccc(Cl)c(Cl)c1. The van der Waals surface area contributed by atoms with E-state index in [2.05, 4.69) is 0 Å². The molecule has 2 N–H and O–H groups in total. The van der Waals surface area contributed by atoms with E-state index in [9.17, 15) is 4.39 Å². The molecule has 2 aromatic rings. The van der Waals surface area contributed by atoms with Crippen molar-refractivity contribution >= 4 is 23.2 Å². The van der Waals surface area contributed by atoms with Crippen molar-refractivity contribution in [2.45, 2.75) is 12.5 Å². The summed E-state index contributed by atoms with van der Waals surface area (Å²) < 4.78 is 13.1. The van der Waals surface area contributed by atoms with Crippen molar-refractivity contribution < 1.29 is 4.39 Å². The van der Waals surface area contributed by atoms with Crippen molar-refractivity contribution in [2.24, 2.45) is 5.73 Å². The summed E-state index contributed by atoms with van der Waals surface area (Å²) in [6.07, 6.45) is 0.551. The van der Waals surface area contributed by atoms with Gasteiger partial charge in [-0.1, -0.05) is 41.4 Å². The van der Waals surface area contributed by atoms with E-state index in [1.807, 2.05) is 12.1 Å². The van der Waals surface area contributed by atoms with E-state index >= 15 is 0 Å². The quantitative estimate of drug-likeness (QED) is 0.889. The highest BCUT2D eigenvalue weighted by Gasteiger charge is 2.09. The Morgan fingerprint density at radius 2 is 1.83 bits per heavy atom. The Bertz CT molecular complexity index is 557. The Kier molecular flexibility index (Phi) is 4.23. The molecule has 0 spiro atoms. The van der Waals surface area contributed by atoms with Gasteiger partial charge in [0.1, 0.15) is 5.82 Å². The molecule has 1 unspecified atom stereocenters. The van der Waals surface area contributed by atoms with Crippen LogP contribution in [0.3, 0.4) is 0 Å². The lowest BCUT2D eigenvalue weighted by atomic mass is 10.00. The van der Waals surface area contributed by atoms with Crippen LogP contribution in [0.25, 0.3) is 0 Å². The van der Waals surface area contributed by atoms with E-state index in [4.69, 9.17) is 28.9 Å². The van der Waals surface area contributed by atoms with E-state index in [0.29, 0.717) is 16.5 Å². The fraction of sp³-hybridized carbons (Fsp3) is 0.143. The van der Waals surface area contributed by atoms with Gasteiger partial charge in [-0.2, -0.15) is 0 Å². The van der Waals surface area contributed by atoms with Gasteiger partial charge in [-0.25, -0.2) is 4.39 Å². The van der Waals surface area contributed by atoms with E-state index in [-0.39, 0.29) is 11.9 Å². The Labute approximate surface area is 115 Å². The molecule has 1 atom stereocenters. The molecule has 0 aliphatic carbocycles. The number of rotatable bonds is 3. The minimum atomic E-state index is -0.256. The van der Waals surface area contributed by atoms with Crippen molar-refractivity contribution in [3.8, 4) is 0 Å². The summed E-state index contributed by atoms with van der Waals surface area (Å²) in [7, 11) is 0. The average Bonchev–Trinajstić information content (AvgIpc) is 2.32. The fourth-order valence-electron chi connectivity index (χ4n) is 1.78. The number of hydrogen-bond acceptors (Lipinski definition) is 1. The number of halogens is 3. The Morgan fingerprint density at radius 1 is 1.06 bits per heavy atom. The van der Waals surface area contributed by atoms with Crippen LogP contribution in [0, 0.1) is 5.82 Å². The highest BCUT2D eigenvalue weighted by atomic mass is 35.5. The maximum absolute atomic E-state index is 13.1. The molecular weight excluding hydrogens is 272 g/mol. The summed E-state index contributed by atoms with van der Waals surface area (Å²) in [6.45, 7) is 0. The average molecular weight is 284 g/mol. The largest absolute Gasteiger partial charge is 0.324 e. The van der Waals surface area contributed by atoms with Crippen LogP contribution in [0.2, 0.25) is 10.0 Å². The number of nitrogens with two attached hydrogens (primary N) is 1. The summed E-state index contributed by atoms with van der Waals surface area (Å²) in [6, 6.07) is 11.5. The maximum atomic E-state index is 13.1. The molecule has 0 bridgehead atoms. The second-order valence-corrected chi connectivity index (χ2v) is 4.93. The molecule has 1 nitrogen and oxygen atoms in total. The number of hydrogen-bond donors (Lipinski definition) is 1. The highest BCUT2D eigenvalue weighted by molar-refractivity contribution is 6.42. The molecule has 0 aliphatic rings. The molecule has 18 heavy (non-hydrogen) atoms. The van der Waals surface area contributed by atoms with Crippen LogP contribution in [0.15, 0.2) is 42.5 Å². The topological polar surface area (TPSA) is 26.0 Å². The van der Waals surface area contributed by atoms with Crippen LogP contribution in [0.4, 0.5) is 4.39 Å². The standard InChI is InChI=1S/C14H12Cl2FN/c15-12-5-4-10(8-13(12)16)14(18)7-9-2-1-3-11(17)6-9/h1-6,8,14H,7,18H2. The first-order valence-corrected chi connectivity index (χ1v) is 6.27. The predicted octanol–water partition coefficient (Wildman–Crippen LogP) is 4.38. The molecule has 0 saturated heterocycles. The van der Waals surface area contributed by atoms with Crippen LogP contribution in [-0.2, 0) is 6.42 Å². The van der Waals surface area contributed by atoms with Crippen LogP contribution in [0.5, 0.6) is 0 Å². The van der Waals surface area contributed by atoms with E-state index < -0.39 is 0 Å². The second kappa shape index (κ2) is 5.70. The van der Waals surface area contributed by atoms with Gasteiger partial charge in [0.25, 0.3) is 0 Å².